The number of aliphatic hydroxyl groups is 1. The van der Waals surface area contributed by atoms with E-state index in [0.717, 1.165) is 0 Å². The van der Waals surface area contributed by atoms with E-state index in [1.807, 2.05) is 13.8 Å². The molecule has 0 bridgehead atoms. The zero-order valence-electron chi connectivity index (χ0n) is 13.7. The van der Waals surface area contributed by atoms with Crippen LogP contribution in [0.4, 0.5) is 11.8 Å². The molecule has 0 saturated heterocycles. The number of aromatic nitrogens is 4. The van der Waals surface area contributed by atoms with E-state index >= 15 is 0 Å². The van der Waals surface area contributed by atoms with Crippen molar-refractivity contribution in [2.75, 3.05) is 10.6 Å². The van der Waals surface area contributed by atoms with Crippen LogP contribution in [0.5, 0.6) is 0 Å². The lowest BCUT2D eigenvalue weighted by Gasteiger charge is -2.10. The Balaban J connectivity index is 2.43. The maximum atomic E-state index is 11.9. The maximum Gasteiger partial charge on any atom is 0.233 e. The number of aliphatic hydroxyl groups excluding tert-OH is 1. The molecule has 0 saturated carbocycles. The van der Waals surface area contributed by atoms with Crippen LogP contribution in [0.2, 0.25) is 0 Å². The number of carbonyl (C=O) groups excluding carboxylic acids is 2. The van der Waals surface area contributed by atoms with Gasteiger partial charge in [0.1, 0.15) is 0 Å². The highest BCUT2D eigenvalue weighted by atomic mass is 16.3. The molecule has 0 atom stereocenters. The van der Waals surface area contributed by atoms with Crippen molar-refractivity contribution in [2.24, 2.45) is 0 Å². The number of amides is 2. The number of rotatable bonds is 7. The maximum absolute atomic E-state index is 11.9. The van der Waals surface area contributed by atoms with E-state index in [4.69, 9.17) is 0 Å². The summed E-state index contributed by atoms with van der Waals surface area (Å²) in [5.74, 6) is -0.228. The molecular weight excluding hydrogens is 312 g/mol. The van der Waals surface area contributed by atoms with Crippen LogP contribution in [0.3, 0.4) is 0 Å². The van der Waals surface area contributed by atoms with Crippen molar-refractivity contribution >= 4 is 34.7 Å². The van der Waals surface area contributed by atoms with Crippen LogP contribution in [-0.2, 0) is 16.2 Å². The monoisotopic (exact) mass is 332 g/mol. The molecule has 0 unspecified atom stereocenters. The number of carbonyl (C=O) groups is 2. The van der Waals surface area contributed by atoms with Crippen molar-refractivity contribution in [1.29, 1.82) is 0 Å². The molecule has 0 radical (unpaired) electrons. The SMILES string of the molecule is CCCC(=O)Nc1nc(NC(=O)CCC)c2nc(CO)cnc2n1. The third-order valence-electron chi connectivity index (χ3n) is 3.08. The predicted molar refractivity (Wildman–Crippen MR) is 88.1 cm³/mol. The van der Waals surface area contributed by atoms with Crippen LogP contribution in [-0.4, -0.2) is 36.9 Å². The number of fused-ring (bicyclic) bond motifs is 1. The summed E-state index contributed by atoms with van der Waals surface area (Å²) in [5.41, 5.74) is 0.820. The minimum absolute atomic E-state index is 0.0544. The molecule has 9 heteroatoms. The number of hydrogen-bond donors (Lipinski definition) is 3. The van der Waals surface area contributed by atoms with Crippen LogP contribution >= 0.6 is 0 Å². The fourth-order valence-corrected chi connectivity index (χ4v) is 2.00. The fraction of sp³-hybridized carbons (Fsp3) is 0.467. The molecule has 0 fully saturated rings. The summed E-state index contributed by atoms with van der Waals surface area (Å²) in [7, 11) is 0. The third-order valence-corrected chi connectivity index (χ3v) is 3.08. The van der Waals surface area contributed by atoms with Crippen molar-refractivity contribution < 1.29 is 14.7 Å². The molecule has 2 heterocycles. The van der Waals surface area contributed by atoms with E-state index in [1.54, 1.807) is 0 Å². The normalized spacial score (nSPS) is 10.6. The minimum atomic E-state index is -0.291. The summed E-state index contributed by atoms with van der Waals surface area (Å²) in [6, 6.07) is 0. The topological polar surface area (TPSA) is 130 Å². The van der Waals surface area contributed by atoms with Crippen molar-refractivity contribution in [3.05, 3.63) is 11.9 Å². The van der Waals surface area contributed by atoms with E-state index in [2.05, 4.69) is 30.6 Å². The zero-order valence-corrected chi connectivity index (χ0v) is 13.7. The number of hydrogen-bond acceptors (Lipinski definition) is 7. The smallest absolute Gasteiger partial charge is 0.233 e. The molecule has 0 spiro atoms. The average Bonchev–Trinajstić information content (AvgIpc) is 2.55. The Labute approximate surface area is 138 Å². The highest BCUT2D eigenvalue weighted by Gasteiger charge is 2.15. The van der Waals surface area contributed by atoms with E-state index in [1.165, 1.54) is 6.20 Å². The first-order valence-corrected chi connectivity index (χ1v) is 7.81. The number of nitrogens with one attached hydrogen (secondary N) is 2. The molecular formula is C15H20N6O3. The molecule has 0 aliphatic carbocycles. The van der Waals surface area contributed by atoms with Crippen LogP contribution < -0.4 is 10.6 Å². The van der Waals surface area contributed by atoms with Gasteiger partial charge in [-0.25, -0.2) is 9.97 Å². The Kier molecular flexibility index (Phi) is 6.07. The lowest BCUT2D eigenvalue weighted by Crippen LogP contribution is -2.17. The largest absolute Gasteiger partial charge is 0.390 e. The van der Waals surface area contributed by atoms with Gasteiger partial charge in [-0.15, -0.1) is 0 Å². The molecule has 2 aromatic rings. The Morgan fingerprint density at radius 1 is 1.04 bits per heavy atom. The first kappa shape index (κ1) is 17.7. The molecule has 128 valence electrons. The van der Waals surface area contributed by atoms with Crippen molar-refractivity contribution in [3.63, 3.8) is 0 Å². The summed E-state index contributed by atoms with van der Waals surface area (Å²) in [6.07, 6.45) is 3.43. The zero-order chi connectivity index (χ0) is 17.5. The fourth-order valence-electron chi connectivity index (χ4n) is 2.00. The third kappa shape index (κ3) is 4.42. The lowest BCUT2D eigenvalue weighted by molar-refractivity contribution is -0.117. The Morgan fingerprint density at radius 2 is 1.71 bits per heavy atom. The van der Waals surface area contributed by atoms with E-state index in [9.17, 15) is 14.7 Å². The predicted octanol–water partition coefficient (Wildman–Crippen LogP) is 1.39. The van der Waals surface area contributed by atoms with Crippen LogP contribution in [0.25, 0.3) is 11.2 Å². The van der Waals surface area contributed by atoms with E-state index < -0.39 is 0 Å². The molecule has 2 rings (SSSR count). The molecule has 0 aromatic carbocycles. The molecule has 3 N–H and O–H groups in total. The van der Waals surface area contributed by atoms with Gasteiger partial charge in [0.05, 0.1) is 18.5 Å². The molecule has 24 heavy (non-hydrogen) atoms. The molecule has 0 aliphatic heterocycles. The first-order chi connectivity index (χ1) is 11.6. The van der Waals surface area contributed by atoms with Gasteiger partial charge in [-0.2, -0.15) is 9.97 Å². The van der Waals surface area contributed by atoms with Crippen LogP contribution in [0.1, 0.15) is 45.2 Å². The Morgan fingerprint density at radius 3 is 2.33 bits per heavy atom. The number of anilines is 2. The standard InChI is InChI=1S/C15H20N6O3/c1-3-5-10(23)18-14-12-13(16-7-9(8-22)17-12)20-15(21-14)19-11(24)6-4-2/h7,22H,3-6,8H2,1-2H3,(H2,16,18,19,20,21,23,24). The van der Waals surface area contributed by atoms with Crippen LogP contribution in [0, 0.1) is 0 Å². The van der Waals surface area contributed by atoms with Gasteiger partial charge in [-0.05, 0) is 12.8 Å². The summed E-state index contributed by atoms with van der Waals surface area (Å²) in [5, 5.41) is 14.4. The van der Waals surface area contributed by atoms with Crippen molar-refractivity contribution in [1.82, 2.24) is 19.9 Å². The van der Waals surface area contributed by atoms with Gasteiger partial charge < -0.3 is 10.4 Å². The van der Waals surface area contributed by atoms with Gasteiger partial charge in [-0.3, -0.25) is 14.9 Å². The molecule has 2 aromatic heterocycles. The summed E-state index contributed by atoms with van der Waals surface area (Å²) in [6.45, 7) is 3.48. The van der Waals surface area contributed by atoms with Gasteiger partial charge in [-0.1, -0.05) is 13.8 Å². The van der Waals surface area contributed by atoms with Gasteiger partial charge in [0.25, 0.3) is 0 Å². The van der Waals surface area contributed by atoms with Gasteiger partial charge in [0, 0.05) is 12.8 Å². The second-order valence-electron chi connectivity index (χ2n) is 5.18. The van der Waals surface area contributed by atoms with E-state index in [0.29, 0.717) is 31.4 Å². The summed E-state index contributed by atoms with van der Waals surface area (Å²) < 4.78 is 0. The second-order valence-corrected chi connectivity index (χ2v) is 5.18. The molecule has 2 amide bonds. The molecule has 9 nitrogen and oxygen atoms in total. The van der Waals surface area contributed by atoms with Gasteiger partial charge >= 0.3 is 0 Å². The highest BCUT2D eigenvalue weighted by Crippen LogP contribution is 2.19. The summed E-state index contributed by atoms with van der Waals surface area (Å²) >= 11 is 0. The second kappa shape index (κ2) is 8.25. The summed E-state index contributed by atoms with van der Waals surface area (Å²) in [4.78, 5) is 40.2. The first-order valence-electron chi connectivity index (χ1n) is 7.81. The van der Waals surface area contributed by atoms with Crippen LogP contribution in [0.15, 0.2) is 6.20 Å². The Hall–Kier alpha value is -2.68. The minimum Gasteiger partial charge on any atom is -0.390 e. The quantitative estimate of drug-likeness (QED) is 0.698. The highest BCUT2D eigenvalue weighted by molar-refractivity contribution is 5.98. The lowest BCUT2D eigenvalue weighted by atomic mass is 10.3. The van der Waals surface area contributed by atoms with Gasteiger partial charge in [0.15, 0.2) is 17.0 Å². The van der Waals surface area contributed by atoms with Crippen molar-refractivity contribution in [3.8, 4) is 0 Å². The Bertz CT molecular complexity index is 749. The van der Waals surface area contributed by atoms with Gasteiger partial charge in [0.2, 0.25) is 17.8 Å². The van der Waals surface area contributed by atoms with Crippen molar-refractivity contribution in [2.45, 2.75) is 46.1 Å². The average molecular weight is 332 g/mol. The number of nitrogens with zero attached hydrogens (tertiary/aromatic N) is 4. The van der Waals surface area contributed by atoms with E-state index in [-0.39, 0.29) is 41.4 Å². The molecule has 0 aliphatic rings.